The lowest BCUT2D eigenvalue weighted by Gasteiger charge is -2.09. The van der Waals surface area contributed by atoms with Gasteiger partial charge in [0.2, 0.25) is 0 Å². The third-order valence-corrected chi connectivity index (χ3v) is 2.76. The third kappa shape index (κ3) is 3.13. The van der Waals surface area contributed by atoms with Gasteiger partial charge in [-0.2, -0.15) is 5.10 Å². The number of fused-ring (bicyclic) bond motifs is 1. The van der Waals surface area contributed by atoms with Crippen LogP contribution in [0.3, 0.4) is 0 Å². The first-order valence-corrected chi connectivity index (χ1v) is 6.45. The monoisotopic (exact) mass is 244 g/mol. The highest BCUT2D eigenvalue weighted by atomic mass is 16.3. The SMILES string of the molecule is CC.[B]c1ccc2c(C)nn(CC(C)CO)c2c1. The fourth-order valence-corrected chi connectivity index (χ4v) is 1.85. The van der Waals surface area contributed by atoms with Crippen molar-refractivity contribution in [1.29, 1.82) is 0 Å². The van der Waals surface area contributed by atoms with Crippen LogP contribution in [-0.4, -0.2) is 29.3 Å². The third-order valence-electron chi connectivity index (χ3n) is 2.76. The Morgan fingerprint density at radius 3 is 2.67 bits per heavy atom. The second-order valence-electron chi connectivity index (χ2n) is 4.33. The predicted molar refractivity (Wildman–Crippen MR) is 77.5 cm³/mol. The van der Waals surface area contributed by atoms with Crippen LogP contribution in [0.15, 0.2) is 18.2 Å². The molecule has 18 heavy (non-hydrogen) atoms. The lowest BCUT2D eigenvalue weighted by atomic mass is 9.95. The van der Waals surface area contributed by atoms with Crippen molar-refractivity contribution in [2.45, 2.75) is 34.2 Å². The van der Waals surface area contributed by atoms with Crippen LogP contribution >= 0.6 is 0 Å². The van der Waals surface area contributed by atoms with Crippen LogP contribution in [0, 0.1) is 12.8 Å². The molecule has 0 amide bonds. The smallest absolute Gasteiger partial charge is 0.113 e. The molecule has 3 nitrogen and oxygen atoms in total. The maximum Gasteiger partial charge on any atom is 0.113 e. The molecule has 0 aliphatic rings. The number of hydrogen-bond donors (Lipinski definition) is 1. The van der Waals surface area contributed by atoms with Gasteiger partial charge in [-0.3, -0.25) is 4.68 Å². The molecule has 0 spiro atoms. The first-order valence-electron chi connectivity index (χ1n) is 6.45. The zero-order valence-corrected chi connectivity index (χ0v) is 11.6. The van der Waals surface area contributed by atoms with Gasteiger partial charge in [-0.1, -0.05) is 38.4 Å². The number of aryl methyl sites for hydroxylation is 1. The molecule has 0 saturated carbocycles. The van der Waals surface area contributed by atoms with Gasteiger partial charge in [0.1, 0.15) is 7.85 Å². The van der Waals surface area contributed by atoms with Gasteiger partial charge in [-0.05, 0) is 18.9 Å². The molecule has 0 aliphatic heterocycles. The van der Waals surface area contributed by atoms with Crippen molar-refractivity contribution >= 4 is 24.2 Å². The highest BCUT2D eigenvalue weighted by Crippen LogP contribution is 2.17. The topological polar surface area (TPSA) is 38.0 Å². The van der Waals surface area contributed by atoms with Gasteiger partial charge >= 0.3 is 0 Å². The first kappa shape index (κ1) is 14.8. The predicted octanol–water partition coefficient (Wildman–Crippen LogP) is 1.79. The molecule has 2 rings (SSSR count). The molecule has 96 valence electrons. The van der Waals surface area contributed by atoms with E-state index in [4.69, 9.17) is 13.0 Å². The van der Waals surface area contributed by atoms with Gasteiger partial charge in [-0.25, -0.2) is 0 Å². The molecule has 0 bridgehead atoms. The molecular weight excluding hydrogens is 223 g/mol. The average molecular weight is 244 g/mol. The Labute approximate surface area is 110 Å². The Bertz CT molecular complexity index is 508. The van der Waals surface area contributed by atoms with E-state index in [0.29, 0.717) is 6.54 Å². The molecule has 1 unspecified atom stereocenters. The fourth-order valence-electron chi connectivity index (χ4n) is 1.85. The van der Waals surface area contributed by atoms with Crippen LogP contribution in [-0.2, 0) is 6.54 Å². The van der Waals surface area contributed by atoms with Crippen molar-refractivity contribution < 1.29 is 5.11 Å². The maximum atomic E-state index is 9.06. The van der Waals surface area contributed by atoms with Crippen molar-refractivity contribution in [3.8, 4) is 0 Å². The minimum Gasteiger partial charge on any atom is -0.396 e. The molecule has 2 aromatic rings. The van der Waals surface area contributed by atoms with Crippen LogP contribution in [0.1, 0.15) is 26.5 Å². The van der Waals surface area contributed by atoms with Crippen molar-refractivity contribution in [1.82, 2.24) is 9.78 Å². The summed E-state index contributed by atoms with van der Waals surface area (Å²) in [4.78, 5) is 0. The molecule has 1 atom stereocenters. The Morgan fingerprint density at radius 1 is 1.39 bits per heavy atom. The van der Waals surface area contributed by atoms with Crippen LogP contribution in [0.2, 0.25) is 0 Å². The summed E-state index contributed by atoms with van der Waals surface area (Å²) in [6, 6.07) is 5.81. The van der Waals surface area contributed by atoms with E-state index < -0.39 is 0 Å². The summed E-state index contributed by atoms with van der Waals surface area (Å²) in [5.74, 6) is 0.198. The molecule has 0 fully saturated rings. The van der Waals surface area contributed by atoms with E-state index >= 15 is 0 Å². The normalized spacial score (nSPS) is 12.1. The number of benzene rings is 1. The summed E-state index contributed by atoms with van der Waals surface area (Å²) in [5.41, 5.74) is 2.78. The largest absolute Gasteiger partial charge is 0.396 e. The minimum absolute atomic E-state index is 0.169. The number of aliphatic hydroxyl groups is 1. The number of rotatable bonds is 3. The van der Waals surface area contributed by atoms with Gasteiger partial charge in [-0.15, -0.1) is 0 Å². The standard InChI is InChI=1S/C12H15BN2O.C2H6/c1-8(7-16)6-15-12-5-10(13)3-4-11(12)9(2)14-15;1-2/h3-5,8,16H,6-7H2,1-2H3;1-2H3. The van der Waals surface area contributed by atoms with Gasteiger partial charge in [0.25, 0.3) is 0 Å². The molecule has 1 aromatic carbocycles. The van der Waals surface area contributed by atoms with Gasteiger partial charge in [0.15, 0.2) is 0 Å². The minimum atomic E-state index is 0.169. The Morgan fingerprint density at radius 2 is 2.06 bits per heavy atom. The summed E-state index contributed by atoms with van der Waals surface area (Å²) < 4.78 is 1.92. The Kier molecular flexibility index (Phi) is 5.41. The average Bonchev–Trinajstić information content (AvgIpc) is 2.68. The van der Waals surface area contributed by atoms with Gasteiger partial charge < -0.3 is 5.11 Å². The fraction of sp³-hybridized carbons (Fsp3) is 0.500. The maximum absolute atomic E-state index is 9.06. The number of nitrogens with zero attached hydrogens (tertiary/aromatic N) is 2. The highest BCUT2D eigenvalue weighted by Gasteiger charge is 2.09. The van der Waals surface area contributed by atoms with E-state index in [9.17, 15) is 0 Å². The van der Waals surface area contributed by atoms with E-state index in [1.807, 2.05) is 50.6 Å². The lowest BCUT2D eigenvalue weighted by molar-refractivity contribution is 0.220. The summed E-state index contributed by atoms with van der Waals surface area (Å²) in [6.07, 6.45) is 0. The van der Waals surface area contributed by atoms with E-state index in [1.54, 1.807) is 0 Å². The van der Waals surface area contributed by atoms with E-state index in [0.717, 1.165) is 22.1 Å². The number of aromatic nitrogens is 2. The van der Waals surface area contributed by atoms with E-state index in [-0.39, 0.29) is 12.5 Å². The van der Waals surface area contributed by atoms with Crippen molar-refractivity contribution in [3.63, 3.8) is 0 Å². The zero-order valence-electron chi connectivity index (χ0n) is 11.6. The van der Waals surface area contributed by atoms with Gasteiger partial charge in [0, 0.05) is 18.5 Å². The molecule has 1 heterocycles. The molecule has 1 N–H and O–H groups in total. The van der Waals surface area contributed by atoms with Crippen LogP contribution in [0.25, 0.3) is 10.9 Å². The van der Waals surface area contributed by atoms with E-state index in [1.165, 1.54) is 0 Å². The van der Waals surface area contributed by atoms with Crippen LogP contribution in [0.5, 0.6) is 0 Å². The van der Waals surface area contributed by atoms with Gasteiger partial charge in [0.05, 0.1) is 11.2 Å². The molecule has 0 saturated heterocycles. The summed E-state index contributed by atoms with van der Waals surface area (Å²) in [5, 5.41) is 14.7. The second-order valence-corrected chi connectivity index (χ2v) is 4.33. The van der Waals surface area contributed by atoms with Crippen molar-refractivity contribution in [3.05, 3.63) is 23.9 Å². The number of aliphatic hydroxyl groups excluding tert-OH is 1. The molecular formula is C14H21BN2O. The second kappa shape index (κ2) is 6.59. The Balaban J connectivity index is 0.000000771. The molecule has 0 aliphatic carbocycles. The Hall–Kier alpha value is -1.29. The molecule has 1 aromatic heterocycles. The van der Waals surface area contributed by atoms with Crippen molar-refractivity contribution in [2.75, 3.05) is 6.61 Å². The highest BCUT2D eigenvalue weighted by molar-refractivity contribution is 6.33. The van der Waals surface area contributed by atoms with Crippen LogP contribution in [0.4, 0.5) is 0 Å². The quantitative estimate of drug-likeness (QED) is 0.836. The molecule has 2 radical (unpaired) electrons. The summed E-state index contributed by atoms with van der Waals surface area (Å²) >= 11 is 0. The van der Waals surface area contributed by atoms with Crippen LogP contribution < -0.4 is 5.46 Å². The molecule has 4 heteroatoms. The summed E-state index contributed by atoms with van der Waals surface area (Å²) in [7, 11) is 5.77. The first-order chi connectivity index (χ1) is 8.61. The van der Waals surface area contributed by atoms with E-state index in [2.05, 4.69) is 5.10 Å². The zero-order chi connectivity index (χ0) is 13.7. The van der Waals surface area contributed by atoms with Crippen molar-refractivity contribution in [2.24, 2.45) is 5.92 Å². The number of hydrogen-bond acceptors (Lipinski definition) is 2. The summed E-state index contributed by atoms with van der Waals surface area (Å²) in [6.45, 7) is 8.86. The lowest BCUT2D eigenvalue weighted by Crippen LogP contribution is -2.13.